The van der Waals surface area contributed by atoms with Gasteiger partial charge in [0.25, 0.3) is 11.5 Å². The molecule has 1 aliphatic heterocycles. The topological polar surface area (TPSA) is 111 Å². The van der Waals surface area contributed by atoms with Gasteiger partial charge in [0.05, 0.1) is 28.6 Å². The molecule has 1 aromatic carbocycles. The molecule has 0 spiro atoms. The summed E-state index contributed by atoms with van der Waals surface area (Å²) in [5.41, 5.74) is 0.387. The summed E-state index contributed by atoms with van der Waals surface area (Å²) >= 11 is 0. The molecular weight excluding hydrogens is 372 g/mol. The van der Waals surface area contributed by atoms with E-state index in [0.717, 1.165) is 0 Å². The van der Waals surface area contributed by atoms with E-state index in [1.54, 1.807) is 11.8 Å². The fourth-order valence-corrected chi connectivity index (χ4v) is 3.37. The van der Waals surface area contributed by atoms with Gasteiger partial charge in [0.1, 0.15) is 0 Å². The molecule has 1 aliphatic rings. The van der Waals surface area contributed by atoms with Crippen molar-refractivity contribution in [3.63, 3.8) is 0 Å². The summed E-state index contributed by atoms with van der Waals surface area (Å²) in [5, 5.41) is 20.7. The van der Waals surface area contributed by atoms with E-state index in [4.69, 9.17) is 5.11 Å². The van der Waals surface area contributed by atoms with Crippen LogP contribution in [0.15, 0.2) is 16.9 Å². The number of hydrogen-bond acceptors (Lipinski definition) is 5. The van der Waals surface area contributed by atoms with Gasteiger partial charge in [-0.1, -0.05) is 0 Å². The molecule has 2 aromatic rings. The van der Waals surface area contributed by atoms with Gasteiger partial charge in [0.15, 0.2) is 0 Å². The van der Waals surface area contributed by atoms with E-state index < -0.39 is 23.6 Å². The summed E-state index contributed by atoms with van der Waals surface area (Å²) in [6.07, 6.45) is -1.93. The maximum Gasteiger partial charge on any atom is 0.405 e. The van der Waals surface area contributed by atoms with E-state index in [0.29, 0.717) is 5.56 Å². The third kappa shape index (κ3) is 3.60. The van der Waals surface area contributed by atoms with Crippen molar-refractivity contribution in [3.05, 3.63) is 33.6 Å². The maximum atomic E-state index is 13.5. The van der Waals surface area contributed by atoms with Gasteiger partial charge in [-0.05, 0) is 19.1 Å². The van der Waals surface area contributed by atoms with Gasteiger partial charge in [-0.25, -0.2) is 18.6 Å². The van der Waals surface area contributed by atoms with E-state index >= 15 is 0 Å². The molecule has 148 valence electrons. The van der Waals surface area contributed by atoms with Crippen LogP contribution in [0.4, 0.5) is 19.5 Å². The fraction of sp³-hybridized carbons (Fsp3) is 0.444. The van der Waals surface area contributed by atoms with Gasteiger partial charge in [-0.15, -0.1) is 0 Å². The average molecular weight is 391 g/mol. The fourth-order valence-electron chi connectivity index (χ4n) is 3.37. The van der Waals surface area contributed by atoms with Crippen LogP contribution < -0.4 is 15.8 Å². The first-order valence-electron chi connectivity index (χ1n) is 8.70. The molecule has 1 aromatic heterocycles. The van der Waals surface area contributed by atoms with Gasteiger partial charge >= 0.3 is 6.09 Å². The first kappa shape index (κ1) is 19.5. The monoisotopic (exact) mass is 391 g/mol. The van der Waals surface area contributed by atoms with Gasteiger partial charge in [0, 0.05) is 38.5 Å². The maximum absolute atomic E-state index is 13.5. The Morgan fingerprint density at radius 3 is 2.61 bits per heavy atom. The van der Waals surface area contributed by atoms with Crippen LogP contribution in [0.1, 0.15) is 36.9 Å². The highest BCUT2D eigenvalue weighted by Crippen LogP contribution is 2.31. The van der Waals surface area contributed by atoms with Gasteiger partial charge in [0.2, 0.25) is 5.95 Å². The minimum atomic E-state index is -2.74. The van der Waals surface area contributed by atoms with Crippen molar-refractivity contribution < 1.29 is 18.7 Å². The Bertz CT molecular complexity index is 1030. The predicted molar refractivity (Wildman–Crippen MR) is 97.7 cm³/mol. The number of aromatic nitrogens is 2. The minimum Gasteiger partial charge on any atom is -0.465 e. The summed E-state index contributed by atoms with van der Waals surface area (Å²) in [5.74, 6) is -2.50. The van der Waals surface area contributed by atoms with Crippen LogP contribution in [0.5, 0.6) is 0 Å². The Hall–Kier alpha value is -3.22. The van der Waals surface area contributed by atoms with E-state index in [2.05, 4.69) is 10.3 Å². The first-order valence-corrected chi connectivity index (χ1v) is 8.70. The molecule has 1 atom stereocenters. The molecule has 1 fully saturated rings. The zero-order chi connectivity index (χ0) is 20.6. The van der Waals surface area contributed by atoms with Crippen LogP contribution in [-0.2, 0) is 7.05 Å². The Morgan fingerprint density at radius 1 is 1.39 bits per heavy atom. The van der Waals surface area contributed by atoms with Gasteiger partial charge < -0.3 is 15.3 Å². The first-order chi connectivity index (χ1) is 13.1. The molecule has 28 heavy (non-hydrogen) atoms. The summed E-state index contributed by atoms with van der Waals surface area (Å²) in [7, 11) is 1.49. The molecule has 1 saturated heterocycles. The van der Waals surface area contributed by atoms with Crippen molar-refractivity contribution in [2.75, 3.05) is 18.0 Å². The van der Waals surface area contributed by atoms with Crippen LogP contribution >= 0.6 is 0 Å². The Labute approximate surface area is 159 Å². The van der Waals surface area contributed by atoms with Crippen LogP contribution in [0, 0.1) is 11.3 Å². The number of amides is 1. The summed E-state index contributed by atoms with van der Waals surface area (Å²) in [4.78, 5) is 30.0. The van der Waals surface area contributed by atoms with Crippen LogP contribution in [0.2, 0.25) is 0 Å². The molecule has 0 bridgehead atoms. The standard InChI is InChI=1S/C18H19F2N5O3/c1-10(22-17(27)28)12-7-11(9-21)8-13-14(12)23-16(24(2)15(13)26)25-5-3-18(19,20)4-6-25/h7-8,10,22H,3-6H2,1-2H3,(H,27,28). The third-order valence-electron chi connectivity index (χ3n) is 4.90. The summed E-state index contributed by atoms with van der Waals surface area (Å²) in [6.45, 7) is 1.67. The lowest BCUT2D eigenvalue weighted by Gasteiger charge is -2.33. The van der Waals surface area contributed by atoms with Crippen molar-refractivity contribution in [1.82, 2.24) is 14.9 Å². The number of nitrogens with one attached hydrogen (secondary N) is 1. The number of fused-ring (bicyclic) bond motifs is 1. The SMILES string of the molecule is CC(NC(=O)O)c1cc(C#N)cc2c(=O)n(C)c(N3CCC(F)(F)CC3)nc12. The summed E-state index contributed by atoms with van der Waals surface area (Å²) in [6, 6.07) is 4.10. The zero-order valence-corrected chi connectivity index (χ0v) is 15.4. The molecule has 8 nitrogen and oxygen atoms in total. The highest BCUT2D eigenvalue weighted by molar-refractivity contribution is 5.84. The second kappa shape index (κ2) is 7.07. The molecular formula is C18H19F2N5O3. The summed E-state index contributed by atoms with van der Waals surface area (Å²) < 4.78 is 28.3. The average Bonchev–Trinajstić information content (AvgIpc) is 2.63. The molecule has 2 heterocycles. The lowest BCUT2D eigenvalue weighted by Crippen LogP contribution is -2.42. The minimum absolute atomic E-state index is 0.0489. The molecule has 1 amide bonds. The van der Waals surface area contributed by atoms with Gasteiger partial charge in [-0.2, -0.15) is 5.26 Å². The zero-order valence-electron chi connectivity index (χ0n) is 15.4. The largest absolute Gasteiger partial charge is 0.465 e. The Morgan fingerprint density at radius 2 is 2.04 bits per heavy atom. The molecule has 1 unspecified atom stereocenters. The molecule has 2 N–H and O–H groups in total. The molecule has 0 saturated carbocycles. The third-order valence-corrected chi connectivity index (χ3v) is 4.90. The highest BCUT2D eigenvalue weighted by atomic mass is 19.3. The van der Waals surface area contributed by atoms with Crippen LogP contribution in [0.25, 0.3) is 10.9 Å². The Balaban J connectivity index is 2.18. The van der Waals surface area contributed by atoms with E-state index in [9.17, 15) is 23.6 Å². The number of nitrogens with zero attached hydrogens (tertiary/aromatic N) is 4. The van der Waals surface area contributed by atoms with Crippen molar-refractivity contribution >= 4 is 22.9 Å². The molecule has 3 rings (SSSR count). The van der Waals surface area contributed by atoms with Crippen molar-refractivity contribution in [2.45, 2.75) is 31.7 Å². The Kier molecular flexibility index (Phi) is 4.93. The number of carboxylic acid groups (broad SMARTS) is 1. The predicted octanol–water partition coefficient (Wildman–Crippen LogP) is 2.37. The second-order valence-electron chi connectivity index (χ2n) is 6.86. The number of rotatable bonds is 3. The van der Waals surface area contributed by atoms with E-state index in [1.165, 1.54) is 23.7 Å². The normalized spacial score (nSPS) is 17.2. The van der Waals surface area contributed by atoms with Crippen molar-refractivity contribution in [2.24, 2.45) is 7.05 Å². The lowest BCUT2D eigenvalue weighted by molar-refractivity contribution is -0.0223. The second-order valence-corrected chi connectivity index (χ2v) is 6.86. The number of anilines is 1. The highest BCUT2D eigenvalue weighted by Gasteiger charge is 2.35. The number of carbonyl (C=O) groups is 1. The van der Waals surface area contributed by atoms with Crippen molar-refractivity contribution in [1.29, 1.82) is 5.26 Å². The lowest BCUT2D eigenvalue weighted by atomic mass is 10.0. The van der Waals surface area contributed by atoms with E-state index in [-0.39, 0.29) is 48.3 Å². The van der Waals surface area contributed by atoms with E-state index in [1.807, 2.05) is 6.07 Å². The molecule has 0 radical (unpaired) electrons. The number of halogens is 2. The number of benzene rings is 1. The number of piperidine rings is 1. The molecule has 10 heteroatoms. The van der Waals surface area contributed by atoms with Crippen LogP contribution in [-0.4, -0.2) is 39.8 Å². The number of hydrogen-bond donors (Lipinski definition) is 2. The molecule has 0 aliphatic carbocycles. The number of nitriles is 1. The smallest absolute Gasteiger partial charge is 0.405 e. The van der Waals surface area contributed by atoms with Gasteiger partial charge in [-0.3, -0.25) is 9.36 Å². The van der Waals surface area contributed by atoms with Crippen molar-refractivity contribution in [3.8, 4) is 6.07 Å². The van der Waals surface area contributed by atoms with Crippen LogP contribution in [0.3, 0.4) is 0 Å². The quantitative estimate of drug-likeness (QED) is 0.831. The number of alkyl halides is 2.